The lowest BCUT2D eigenvalue weighted by molar-refractivity contribution is 0.422. The highest BCUT2D eigenvalue weighted by Gasteiger charge is 2.03. The number of allylic oxidation sites excluding steroid dienone is 5. The van der Waals surface area contributed by atoms with E-state index in [0.29, 0.717) is 5.76 Å². The van der Waals surface area contributed by atoms with Gasteiger partial charge in [-0.1, -0.05) is 24.6 Å². The smallest absolute Gasteiger partial charge is 0.115 e. The summed E-state index contributed by atoms with van der Waals surface area (Å²) in [7, 11) is 0. The van der Waals surface area contributed by atoms with Crippen molar-refractivity contribution in [3.05, 3.63) is 35.1 Å². The summed E-state index contributed by atoms with van der Waals surface area (Å²) in [6.45, 7) is 4.15. The van der Waals surface area contributed by atoms with Gasteiger partial charge in [0, 0.05) is 0 Å². The second-order valence-corrected chi connectivity index (χ2v) is 2.89. The van der Waals surface area contributed by atoms with Crippen LogP contribution in [-0.2, 0) is 0 Å². The van der Waals surface area contributed by atoms with Crippen LogP contribution < -0.4 is 0 Å². The minimum Gasteiger partial charge on any atom is -0.508 e. The molecule has 11 heavy (non-hydrogen) atoms. The van der Waals surface area contributed by atoms with E-state index in [-0.39, 0.29) is 0 Å². The average Bonchev–Trinajstić information content (AvgIpc) is 2.13. The van der Waals surface area contributed by atoms with Crippen LogP contribution in [0.25, 0.3) is 0 Å². The fraction of sp³-hybridized carbons (Fsp3) is 0.400. The van der Waals surface area contributed by atoms with Gasteiger partial charge in [-0.15, -0.1) is 0 Å². The predicted octanol–water partition coefficient (Wildman–Crippen LogP) is 3.11. The van der Waals surface area contributed by atoms with Crippen LogP contribution in [0, 0.1) is 0 Å². The zero-order valence-electron chi connectivity index (χ0n) is 7.09. The van der Waals surface area contributed by atoms with Crippen molar-refractivity contribution in [2.75, 3.05) is 0 Å². The first kappa shape index (κ1) is 8.12. The summed E-state index contributed by atoms with van der Waals surface area (Å²) in [6, 6.07) is 0. The van der Waals surface area contributed by atoms with Crippen LogP contribution in [-0.4, -0.2) is 5.11 Å². The van der Waals surface area contributed by atoms with Crippen molar-refractivity contribution in [1.29, 1.82) is 0 Å². The Morgan fingerprint density at radius 2 is 2.27 bits per heavy atom. The molecule has 0 aromatic heterocycles. The van der Waals surface area contributed by atoms with Crippen molar-refractivity contribution in [1.82, 2.24) is 0 Å². The van der Waals surface area contributed by atoms with Gasteiger partial charge in [0.25, 0.3) is 0 Å². The average molecular weight is 150 g/mol. The van der Waals surface area contributed by atoms with Crippen molar-refractivity contribution in [3.63, 3.8) is 0 Å². The van der Waals surface area contributed by atoms with Crippen molar-refractivity contribution >= 4 is 0 Å². The number of hydrogen-bond donors (Lipinski definition) is 1. The SMILES string of the molecule is CCC1=C(O)C=CC=C(C)C1. The van der Waals surface area contributed by atoms with Crippen LogP contribution in [0.2, 0.25) is 0 Å². The molecule has 0 aliphatic heterocycles. The number of aliphatic hydroxyl groups excluding tert-OH is 1. The highest BCUT2D eigenvalue weighted by molar-refractivity contribution is 5.30. The molecule has 0 saturated carbocycles. The van der Waals surface area contributed by atoms with E-state index in [1.54, 1.807) is 6.08 Å². The predicted molar refractivity (Wildman–Crippen MR) is 47.5 cm³/mol. The van der Waals surface area contributed by atoms with E-state index >= 15 is 0 Å². The van der Waals surface area contributed by atoms with E-state index in [2.05, 4.69) is 13.8 Å². The van der Waals surface area contributed by atoms with Gasteiger partial charge in [0.05, 0.1) is 0 Å². The van der Waals surface area contributed by atoms with E-state index in [4.69, 9.17) is 0 Å². The molecule has 0 aromatic carbocycles. The van der Waals surface area contributed by atoms with E-state index in [1.807, 2.05) is 12.2 Å². The van der Waals surface area contributed by atoms with Crippen LogP contribution in [0.5, 0.6) is 0 Å². The number of aliphatic hydroxyl groups is 1. The maximum atomic E-state index is 9.43. The van der Waals surface area contributed by atoms with E-state index < -0.39 is 0 Å². The molecule has 1 aliphatic carbocycles. The molecule has 1 aliphatic rings. The number of hydrogen-bond acceptors (Lipinski definition) is 1. The van der Waals surface area contributed by atoms with Crippen molar-refractivity contribution in [3.8, 4) is 0 Å². The normalized spacial score (nSPS) is 18.2. The Morgan fingerprint density at radius 1 is 1.55 bits per heavy atom. The van der Waals surface area contributed by atoms with Crippen LogP contribution in [0.1, 0.15) is 26.7 Å². The standard InChI is InChI=1S/C10H14O/c1-3-9-7-8(2)5-4-6-10(9)11/h4-6,11H,3,7H2,1-2H3. The van der Waals surface area contributed by atoms with E-state index in [1.165, 1.54) is 5.57 Å². The van der Waals surface area contributed by atoms with Gasteiger partial charge in [-0.2, -0.15) is 0 Å². The fourth-order valence-electron chi connectivity index (χ4n) is 1.21. The minimum atomic E-state index is 0.445. The highest BCUT2D eigenvalue weighted by Crippen LogP contribution is 2.20. The molecule has 0 aromatic rings. The minimum absolute atomic E-state index is 0.445. The lowest BCUT2D eigenvalue weighted by Crippen LogP contribution is -1.87. The first-order valence-electron chi connectivity index (χ1n) is 3.99. The highest BCUT2D eigenvalue weighted by atomic mass is 16.3. The van der Waals surface area contributed by atoms with Gasteiger partial charge in [0.15, 0.2) is 0 Å². The molecule has 0 heterocycles. The molecule has 1 nitrogen and oxygen atoms in total. The molecule has 0 atom stereocenters. The topological polar surface area (TPSA) is 20.2 Å². The third kappa shape index (κ3) is 1.97. The van der Waals surface area contributed by atoms with Gasteiger partial charge < -0.3 is 5.11 Å². The fourth-order valence-corrected chi connectivity index (χ4v) is 1.21. The molecule has 0 fully saturated rings. The lowest BCUT2D eigenvalue weighted by Gasteiger charge is -2.03. The second kappa shape index (κ2) is 3.42. The third-order valence-corrected chi connectivity index (χ3v) is 1.92. The Morgan fingerprint density at radius 3 is 2.91 bits per heavy atom. The van der Waals surface area contributed by atoms with Crippen molar-refractivity contribution in [2.45, 2.75) is 26.7 Å². The summed E-state index contributed by atoms with van der Waals surface area (Å²) in [5.41, 5.74) is 2.44. The first-order chi connectivity index (χ1) is 5.24. The second-order valence-electron chi connectivity index (χ2n) is 2.89. The molecule has 0 spiro atoms. The molecule has 1 rings (SSSR count). The molecule has 1 N–H and O–H groups in total. The Bertz CT molecular complexity index is 231. The molecule has 60 valence electrons. The van der Waals surface area contributed by atoms with Crippen LogP contribution in [0.3, 0.4) is 0 Å². The summed E-state index contributed by atoms with van der Waals surface area (Å²) in [5, 5.41) is 9.43. The summed E-state index contributed by atoms with van der Waals surface area (Å²) >= 11 is 0. The van der Waals surface area contributed by atoms with Gasteiger partial charge in [-0.3, -0.25) is 0 Å². The van der Waals surface area contributed by atoms with Gasteiger partial charge in [0.1, 0.15) is 5.76 Å². The van der Waals surface area contributed by atoms with Crippen molar-refractivity contribution in [2.24, 2.45) is 0 Å². The Labute approximate surface area is 67.7 Å². The molecule has 0 amide bonds. The summed E-state index contributed by atoms with van der Waals surface area (Å²) in [6.07, 6.45) is 7.54. The maximum absolute atomic E-state index is 9.43. The monoisotopic (exact) mass is 150 g/mol. The molecule has 1 heteroatoms. The Hall–Kier alpha value is -0.980. The quantitative estimate of drug-likeness (QED) is 0.609. The first-order valence-corrected chi connectivity index (χ1v) is 3.99. The lowest BCUT2D eigenvalue weighted by atomic mass is 10.0. The summed E-state index contributed by atoms with van der Waals surface area (Å²) < 4.78 is 0. The maximum Gasteiger partial charge on any atom is 0.115 e. The van der Waals surface area contributed by atoms with Gasteiger partial charge in [0.2, 0.25) is 0 Å². The summed E-state index contributed by atoms with van der Waals surface area (Å²) in [5.74, 6) is 0.445. The van der Waals surface area contributed by atoms with Crippen LogP contribution in [0.15, 0.2) is 35.1 Å². The molecule has 0 bridgehead atoms. The molecular weight excluding hydrogens is 136 g/mol. The van der Waals surface area contributed by atoms with Crippen molar-refractivity contribution < 1.29 is 5.11 Å². The largest absolute Gasteiger partial charge is 0.508 e. The number of rotatable bonds is 1. The van der Waals surface area contributed by atoms with Gasteiger partial charge in [-0.05, 0) is 31.4 Å². The van der Waals surface area contributed by atoms with E-state index in [9.17, 15) is 5.11 Å². The van der Waals surface area contributed by atoms with E-state index in [0.717, 1.165) is 18.4 Å². The molecule has 0 radical (unpaired) electrons. The van der Waals surface area contributed by atoms with Crippen LogP contribution >= 0.6 is 0 Å². The molecule has 0 saturated heterocycles. The Kier molecular flexibility index (Phi) is 2.53. The third-order valence-electron chi connectivity index (χ3n) is 1.92. The zero-order valence-corrected chi connectivity index (χ0v) is 7.09. The Balaban J connectivity index is 2.89. The molecule has 0 unspecified atom stereocenters. The van der Waals surface area contributed by atoms with Gasteiger partial charge in [-0.25, -0.2) is 0 Å². The zero-order chi connectivity index (χ0) is 8.27. The molecular formula is C10H14O. The van der Waals surface area contributed by atoms with Gasteiger partial charge >= 0.3 is 0 Å². The summed E-state index contributed by atoms with van der Waals surface area (Å²) in [4.78, 5) is 0. The van der Waals surface area contributed by atoms with Crippen LogP contribution in [0.4, 0.5) is 0 Å².